The number of unbranched alkanes of at least 4 members (excludes halogenated alkanes) is 3. The third-order valence-electron chi connectivity index (χ3n) is 3.53. The third-order valence-corrected chi connectivity index (χ3v) is 3.53. The van der Waals surface area contributed by atoms with Gasteiger partial charge >= 0.3 is 0 Å². The molecule has 0 aromatic rings. The van der Waals surface area contributed by atoms with Crippen molar-refractivity contribution in [2.24, 2.45) is 5.73 Å². The smallest absolute Gasteiger partial charge is 0.0431 e. The van der Waals surface area contributed by atoms with Gasteiger partial charge in [0.05, 0.1) is 0 Å². The molecule has 1 rings (SSSR count). The molecule has 17 heavy (non-hydrogen) atoms. The lowest BCUT2D eigenvalue weighted by atomic mass is 10.2. The second-order valence-electron chi connectivity index (χ2n) is 4.96. The van der Waals surface area contributed by atoms with Gasteiger partial charge in [0.25, 0.3) is 0 Å². The van der Waals surface area contributed by atoms with Crippen LogP contribution in [0.3, 0.4) is 0 Å². The van der Waals surface area contributed by atoms with Crippen molar-refractivity contribution in [1.82, 2.24) is 9.80 Å². The topological polar surface area (TPSA) is 52.7 Å². The predicted octanol–water partition coefficient (Wildman–Crippen LogP) is 0.506. The molecule has 4 nitrogen and oxygen atoms in total. The zero-order valence-electron chi connectivity index (χ0n) is 11.1. The normalized spacial score (nSPS) is 18.7. The first-order valence-corrected chi connectivity index (χ1v) is 7.12. The molecule has 1 fully saturated rings. The number of hydrogen-bond acceptors (Lipinski definition) is 4. The molecule has 1 saturated heterocycles. The van der Waals surface area contributed by atoms with Crippen LogP contribution in [0.2, 0.25) is 0 Å². The molecule has 1 aliphatic rings. The molecule has 1 heterocycles. The van der Waals surface area contributed by atoms with E-state index in [9.17, 15) is 0 Å². The van der Waals surface area contributed by atoms with Gasteiger partial charge in [-0.1, -0.05) is 12.8 Å². The summed E-state index contributed by atoms with van der Waals surface area (Å²) in [6, 6.07) is 0. The Balaban J connectivity index is 1.95. The van der Waals surface area contributed by atoms with Crippen LogP contribution in [-0.4, -0.2) is 67.3 Å². The van der Waals surface area contributed by atoms with Gasteiger partial charge in [-0.3, -0.25) is 0 Å². The Kier molecular flexibility index (Phi) is 8.61. The fraction of sp³-hybridized carbons (Fsp3) is 1.00. The van der Waals surface area contributed by atoms with Crippen LogP contribution in [0.5, 0.6) is 0 Å². The maximum absolute atomic E-state index is 8.69. The number of piperazine rings is 1. The number of rotatable bonds is 9. The lowest BCUT2D eigenvalue weighted by Gasteiger charge is -2.34. The van der Waals surface area contributed by atoms with E-state index in [2.05, 4.69) is 9.80 Å². The summed E-state index contributed by atoms with van der Waals surface area (Å²) in [5, 5.41) is 8.69. The first kappa shape index (κ1) is 14.9. The van der Waals surface area contributed by atoms with E-state index in [-0.39, 0.29) is 0 Å². The van der Waals surface area contributed by atoms with Gasteiger partial charge in [0, 0.05) is 32.8 Å². The average molecular weight is 243 g/mol. The molecular formula is C13H29N3O. The maximum Gasteiger partial charge on any atom is 0.0431 e. The Hall–Kier alpha value is -0.160. The van der Waals surface area contributed by atoms with E-state index < -0.39 is 0 Å². The molecule has 0 aromatic carbocycles. The Morgan fingerprint density at radius 2 is 1.29 bits per heavy atom. The summed E-state index contributed by atoms with van der Waals surface area (Å²) in [4.78, 5) is 5.09. The average Bonchev–Trinajstić information content (AvgIpc) is 2.37. The first-order chi connectivity index (χ1) is 8.36. The second kappa shape index (κ2) is 9.83. The highest BCUT2D eigenvalue weighted by atomic mass is 16.2. The summed E-state index contributed by atoms with van der Waals surface area (Å²) in [6.45, 7) is 8.39. The fourth-order valence-corrected chi connectivity index (χ4v) is 2.35. The van der Waals surface area contributed by atoms with Gasteiger partial charge in [-0.15, -0.1) is 0 Å². The largest absolute Gasteiger partial charge is 0.396 e. The lowest BCUT2D eigenvalue weighted by Crippen LogP contribution is -2.46. The van der Waals surface area contributed by atoms with Crippen LogP contribution in [0.25, 0.3) is 0 Å². The van der Waals surface area contributed by atoms with Gasteiger partial charge in [0.2, 0.25) is 0 Å². The summed E-state index contributed by atoms with van der Waals surface area (Å²) in [7, 11) is 0. The molecule has 3 N–H and O–H groups in total. The van der Waals surface area contributed by atoms with Crippen LogP contribution in [0.15, 0.2) is 0 Å². The van der Waals surface area contributed by atoms with Crippen molar-refractivity contribution in [1.29, 1.82) is 0 Å². The van der Waals surface area contributed by atoms with Gasteiger partial charge in [-0.05, 0) is 38.9 Å². The van der Waals surface area contributed by atoms with Gasteiger partial charge in [0.15, 0.2) is 0 Å². The molecule has 0 saturated carbocycles. The molecule has 0 aromatic heterocycles. The summed E-state index contributed by atoms with van der Waals surface area (Å²) < 4.78 is 0. The molecule has 0 aliphatic carbocycles. The van der Waals surface area contributed by atoms with Crippen LogP contribution >= 0.6 is 0 Å². The van der Waals surface area contributed by atoms with Gasteiger partial charge < -0.3 is 20.6 Å². The van der Waals surface area contributed by atoms with Crippen LogP contribution in [0.4, 0.5) is 0 Å². The van der Waals surface area contributed by atoms with E-state index in [0.717, 1.165) is 19.4 Å². The Bertz CT molecular complexity index is 167. The number of aliphatic hydroxyl groups is 1. The summed E-state index contributed by atoms with van der Waals surface area (Å²) in [5.41, 5.74) is 5.52. The van der Waals surface area contributed by atoms with Crippen molar-refractivity contribution in [2.45, 2.75) is 32.1 Å². The highest BCUT2D eigenvalue weighted by molar-refractivity contribution is 4.71. The van der Waals surface area contributed by atoms with Gasteiger partial charge in [-0.2, -0.15) is 0 Å². The molecule has 102 valence electrons. The summed E-state index contributed by atoms with van der Waals surface area (Å²) in [5.74, 6) is 0. The molecule has 4 heteroatoms. The Labute approximate surface area is 106 Å². The van der Waals surface area contributed by atoms with Crippen molar-refractivity contribution in [3.8, 4) is 0 Å². The standard InChI is InChI=1S/C13H29N3O/c14-6-5-8-16-11-9-15(10-12-16)7-3-1-2-4-13-17/h17H,1-14H2. The van der Waals surface area contributed by atoms with E-state index in [1.165, 1.54) is 58.5 Å². The predicted molar refractivity (Wildman–Crippen MR) is 72.1 cm³/mol. The van der Waals surface area contributed by atoms with E-state index in [0.29, 0.717) is 6.61 Å². The number of hydrogen-bond donors (Lipinski definition) is 2. The van der Waals surface area contributed by atoms with E-state index in [1.54, 1.807) is 0 Å². The molecule has 0 radical (unpaired) electrons. The SMILES string of the molecule is NCCCN1CCN(CCCCCCO)CC1. The van der Waals surface area contributed by atoms with Crippen molar-refractivity contribution in [3.63, 3.8) is 0 Å². The van der Waals surface area contributed by atoms with Crippen LogP contribution < -0.4 is 5.73 Å². The summed E-state index contributed by atoms with van der Waals surface area (Å²) >= 11 is 0. The minimum Gasteiger partial charge on any atom is -0.396 e. The highest BCUT2D eigenvalue weighted by Gasteiger charge is 2.15. The number of nitrogens with two attached hydrogens (primary N) is 1. The van der Waals surface area contributed by atoms with Gasteiger partial charge in [-0.25, -0.2) is 0 Å². The molecule has 0 amide bonds. The molecule has 0 bridgehead atoms. The van der Waals surface area contributed by atoms with E-state index in [1.807, 2.05) is 0 Å². The quantitative estimate of drug-likeness (QED) is 0.579. The van der Waals surface area contributed by atoms with Crippen molar-refractivity contribution in [3.05, 3.63) is 0 Å². The minimum absolute atomic E-state index is 0.347. The monoisotopic (exact) mass is 243 g/mol. The van der Waals surface area contributed by atoms with Crippen LogP contribution in [-0.2, 0) is 0 Å². The van der Waals surface area contributed by atoms with E-state index >= 15 is 0 Å². The van der Waals surface area contributed by atoms with Crippen LogP contribution in [0.1, 0.15) is 32.1 Å². The zero-order chi connectivity index (χ0) is 12.3. The molecule has 0 spiro atoms. The van der Waals surface area contributed by atoms with E-state index in [4.69, 9.17) is 10.8 Å². The maximum atomic E-state index is 8.69. The third kappa shape index (κ3) is 6.99. The van der Waals surface area contributed by atoms with Crippen LogP contribution in [0, 0.1) is 0 Å². The molecule has 1 aliphatic heterocycles. The second-order valence-corrected chi connectivity index (χ2v) is 4.96. The summed E-state index contributed by atoms with van der Waals surface area (Å²) in [6.07, 6.45) is 5.80. The molecule has 0 atom stereocenters. The lowest BCUT2D eigenvalue weighted by molar-refractivity contribution is 0.130. The number of aliphatic hydroxyl groups excluding tert-OH is 1. The zero-order valence-corrected chi connectivity index (χ0v) is 11.1. The Morgan fingerprint density at radius 3 is 1.82 bits per heavy atom. The molecule has 0 unspecified atom stereocenters. The first-order valence-electron chi connectivity index (χ1n) is 7.12. The molecular weight excluding hydrogens is 214 g/mol. The van der Waals surface area contributed by atoms with Gasteiger partial charge in [0.1, 0.15) is 0 Å². The van der Waals surface area contributed by atoms with Crippen molar-refractivity contribution >= 4 is 0 Å². The van der Waals surface area contributed by atoms with Crippen molar-refractivity contribution in [2.75, 3.05) is 52.4 Å². The Morgan fingerprint density at radius 1 is 0.765 bits per heavy atom. The highest BCUT2D eigenvalue weighted by Crippen LogP contribution is 2.06. The fourth-order valence-electron chi connectivity index (χ4n) is 2.35. The number of nitrogens with zero attached hydrogens (tertiary/aromatic N) is 2. The van der Waals surface area contributed by atoms with Crippen molar-refractivity contribution < 1.29 is 5.11 Å². The minimum atomic E-state index is 0.347.